The van der Waals surface area contributed by atoms with Crippen LogP contribution in [0.3, 0.4) is 0 Å². The molecule has 8 nitrogen and oxygen atoms in total. The molecule has 0 aliphatic rings. The number of hydrogen-bond acceptors (Lipinski definition) is 5. The van der Waals surface area contributed by atoms with Gasteiger partial charge in [0, 0.05) is 0 Å². The van der Waals surface area contributed by atoms with Crippen LogP contribution in [0.15, 0.2) is 61.1 Å². The van der Waals surface area contributed by atoms with Crippen molar-refractivity contribution in [2.24, 2.45) is 0 Å². The molecule has 2 aromatic carbocycles. The Kier molecular flexibility index (Phi) is 4.93. The molecule has 132 valence electrons. The van der Waals surface area contributed by atoms with Crippen molar-refractivity contribution in [3.8, 4) is 11.5 Å². The van der Waals surface area contributed by atoms with E-state index in [1.807, 2.05) is 31.2 Å². The van der Waals surface area contributed by atoms with Crippen LogP contribution in [0.5, 0.6) is 11.5 Å². The lowest BCUT2D eigenvalue weighted by atomic mass is 10.2. The van der Waals surface area contributed by atoms with E-state index >= 15 is 0 Å². The molecule has 3 aromatic rings. The lowest BCUT2D eigenvalue weighted by molar-refractivity contribution is -0.389. The largest absolute Gasteiger partial charge is 0.455 e. The fourth-order valence-electron chi connectivity index (χ4n) is 2.28. The van der Waals surface area contributed by atoms with Gasteiger partial charge >= 0.3 is 5.82 Å². The van der Waals surface area contributed by atoms with Crippen LogP contribution in [0.2, 0.25) is 0 Å². The van der Waals surface area contributed by atoms with Gasteiger partial charge in [0.2, 0.25) is 12.2 Å². The lowest BCUT2D eigenvalue weighted by Gasteiger charge is -2.12. The summed E-state index contributed by atoms with van der Waals surface area (Å²) in [6, 6.07) is 14.6. The van der Waals surface area contributed by atoms with Crippen LogP contribution in [0.1, 0.15) is 5.56 Å². The Labute approximate surface area is 149 Å². The Morgan fingerprint density at radius 1 is 1.23 bits per heavy atom. The van der Waals surface area contributed by atoms with Crippen molar-refractivity contribution in [2.45, 2.75) is 13.5 Å². The van der Waals surface area contributed by atoms with Crippen LogP contribution in [-0.2, 0) is 11.3 Å². The van der Waals surface area contributed by atoms with E-state index in [9.17, 15) is 14.9 Å². The molecule has 0 fully saturated rings. The van der Waals surface area contributed by atoms with Gasteiger partial charge in [0.1, 0.15) is 18.5 Å². The zero-order chi connectivity index (χ0) is 18.5. The van der Waals surface area contributed by atoms with E-state index < -0.39 is 4.92 Å². The molecule has 0 aliphatic heterocycles. The van der Waals surface area contributed by atoms with E-state index in [1.165, 1.54) is 17.1 Å². The maximum Gasteiger partial charge on any atom is 0.381 e. The molecule has 8 heteroatoms. The first-order chi connectivity index (χ1) is 12.5. The molecule has 1 aromatic heterocycles. The highest BCUT2D eigenvalue weighted by molar-refractivity contribution is 5.92. The molecule has 1 N–H and O–H groups in total. The number of benzene rings is 2. The quantitative estimate of drug-likeness (QED) is 0.540. The van der Waals surface area contributed by atoms with Gasteiger partial charge in [-0.3, -0.25) is 4.79 Å². The first-order valence-electron chi connectivity index (χ1n) is 7.81. The number of aromatic nitrogens is 2. The summed E-state index contributed by atoms with van der Waals surface area (Å²) in [7, 11) is 0. The Balaban J connectivity index is 1.69. The Morgan fingerprint density at radius 2 is 1.96 bits per heavy atom. The molecular weight excluding hydrogens is 336 g/mol. The topological polar surface area (TPSA) is 99.3 Å². The van der Waals surface area contributed by atoms with Gasteiger partial charge in [-0.2, -0.15) is 0 Å². The second-order valence-electron chi connectivity index (χ2n) is 5.62. The zero-order valence-corrected chi connectivity index (χ0v) is 14.0. The molecule has 26 heavy (non-hydrogen) atoms. The number of aryl methyl sites for hydroxylation is 1. The number of rotatable bonds is 6. The monoisotopic (exact) mass is 352 g/mol. The number of carbonyl (C=O) groups excluding carboxylic acids is 1. The molecule has 1 amide bonds. The number of ether oxygens (including phenoxy) is 1. The fraction of sp³-hybridized carbons (Fsp3) is 0.111. The number of anilines is 1. The third kappa shape index (κ3) is 4.23. The highest BCUT2D eigenvalue weighted by Gasteiger charge is 2.13. The van der Waals surface area contributed by atoms with Crippen LogP contribution in [-0.4, -0.2) is 20.4 Å². The molecular formula is C18H16N4O4. The lowest BCUT2D eigenvalue weighted by Crippen LogP contribution is -2.18. The van der Waals surface area contributed by atoms with Crippen LogP contribution in [0, 0.1) is 17.0 Å². The molecule has 0 unspecified atom stereocenters. The molecule has 1 heterocycles. The fourth-order valence-corrected chi connectivity index (χ4v) is 2.28. The zero-order valence-electron chi connectivity index (χ0n) is 14.0. The standard InChI is InChI=1S/C18H16N4O4/c1-13-6-8-14(9-7-13)26-16-5-3-2-4-15(16)20-18(23)11-21-10-17(19-12-21)22(24)25/h2-10,12H,11H2,1H3,(H,20,23). The minimum Gasteiger partial charge on any atom is -0.455 e. The number of para-hydroxylation sites is 2. The van der Waals surface area contributed by atoms with Gasteiger partial charge in [0.25, 0.3) is 0 Å². The normalized spacial score (nSPS) is 10.3. The van der Waals surface area contributed by atoms with Gasteiger partial charge in [-0.05, 0) is 41.1 Å². The van der Waals surface area contributed by atoms with Crippen molar-refractivity contribution >= 4 is 17.4 Å². The van der Waals surface area contributed by atoms with Crippen LogP contribution in [0.4, 0.5) is 11.5 Å². The SMILES string of the molecule is Cc1ccc(Oc2ccccc2NC(=O)Cn2cnc([N+](=O)[O-])c2)cc1. The molecule has 3 rings (SSSR count). The van der Waals surface area contributed by atoms with Crippen molar-refractivity contribution in [3.05, 3.63) is 76.7 Å². The summed E-state index contributed by atoms with van der Waals surface area (Å²) in [5.41, 5.74) is 1.63. The maximum absolute atomic E-state index is 12.2. The second-order valence-corrected chi connectivity index (χ2v) is 5.62. The predicted molar refractivity (Wildman–Crippen MR) is 95.2 cm³/mol. The smallest absolute Gasteiger partial charge is 0.381 e. The van der Waals surface area contributed by atoms with Crippen molar-refractivity contribution in [3.63, 3.8) is 0 Å². The second kappa shape index (κ2) is 7.47. The third-order valence-corrected chi connectivity index (χ3v) is 3.54. The Hall–Kier alpha value is -3.68. The summed E-state index contributed by atoms with van der Waals surface area (Å²) < 4.78 is 7.17. The van der Waals surface area contributed by atoms with Crippen LogP contribution >= 0.6 is 0 Å². The number of hydrogen-bond donors (Lipinski definition) is 1. The summed E-state index contributed by atoms with van der Waals surface area (Å²) in [5.74, 6) is 0.502. The minimum absolute atomic E-state index is 0.0975. The molecule has 0 bridgehead atoms. The molecule has 0 saturated heterocycles. The summed E-state index contributed by atoms with van der Waals surface area (Å²) in [5, 5.41) is 13.4. The molecule has 0 radical (unpaired) electrons. The van der Waals surface area contributed by atoms with Crippen LogP contribution in [0.25, 0.3) is 0 Å². The van der Waals surface area contributed by atoms with E-state index in [0.29, 0.717) is 17.2 Å². The van der Waals surface area contributed by atoms with Gasteiger partial charge in [-0.1, -0.05) is 29.8 Å². The molecule has 0 spiro atoms. The number of carbonyl (C=O) groups is 1. The summed E-state index contributed by atoms with van der Waals surface area (Å²) in [6.07, 6.45) is 2.45. The Bertz CT molecular complexity index is 934. The van der Waals surface area contributed by atoms with Gasteiger partial charge in [0.15, 0.2) is 5.75 Å². The number of amides is 1. The van der Waals surface area contributed by atoms with E-state index in [4.69, 9.17) is 4.74 Å². The van der Waals surface area contributed by atoms with Crippen LogP contribution < -0.4 is 10.1 Å². The number of nitro groups is 1. The van der Waals surface area contributed by atoms with Crippen molar-refractivity contribution in [1.82, 2.24) is 9.55 Å². The molecule has 0 aliphatic carbocycles. The number of nitrogens with zero attached hydrogens (tertiary/aromatic N) is 3. The number of imidazole rings is 1. The number of nitrogens with one attached hydrogen (secondary N) is 1. The van der Waals surface area contributed by atoms with Gasteiger partial charge in [-0.25, -0.2) is 0 Å². The predicted octanol–water partition coefficient (Wildman–Crippen LogP) is 3.53. The average molecular weight is 352 g/mol. The molecule has 0 atom stereocenters. The first-order valence-corrected chi connectivity index (χ1v) is 7.81. The van der Waals surface area contributed by atoms with Gasteiger partial charge < -0.3 is 24.7 Å². The molecule has 0 saturated carbocycles. The summed E-state index contributed by atoms with van der Waals surface area (Å²) in [6.45, 7) is 1.89. The van der Waals surface area contributed by atoms with Crippen molar-refractivity contribution in [1.29, 1.82) is 0 Å². The van der Waals surface area contributed by atoms with E-state index in [2.05, 4.69) is 10.3 Å². The maximum atomic E-state index is 12.2. The van der Waals surface area contributed by atoms with E-state index in [0.717, 1.165) is 5.56 Å². The summed E-state index contributed by atoms with van der Waals surface area (Å²) in [4.78, 5) is 25.9. The van der Waals surface area contributed by atoms with Crippen molar-refractivity contribution < 1.29 is 14.5 Å². The highest BCUT2D eigenvalue weighted by atomic mass is 16.6. The highest BCUT2D eigenvalue weighted by Crippen LogP contribution is 2.29. The van der Waals surface area contributed by atoms with E-state index in [-0.39, 0.29) is 18.3 Å². The van der Waals surface area contributed by atoms with Gasteiger partial charge in [0.05, 0.1) is 5.69 Å². The summed E-state index contributed by atoms with van der Waals surface area (Å²) >= 11 is 0. The average Bonchev–Trinajstić information content (AvgIpc) is 3.07. The Morgan fingerprint density at radius 3 is 2.65 bits per heavy atom. The third-order valence-electron chi connectivity index (χ3n) is 3.54. The first kappa shape index (κ1) is 17.2. The van der Waals surface area contributed by atoms with Crippen molar-refractivity contribution in [2.75, 3.05) is 5.32 Å². The van der Waals surface area contributed by atoms with E-state index in [1.54, 1.807) is 24.3 Å². The van der Waals surface area contributed by atoms with Gasteiger partial charge in [-0.15, -0.1) is 0 Å². The minimum atomic E-state index is -0.612.